The Labute approximate surface area is 82.3 Å². The highest BCUT2D eigenvalue weighted by atomic mass is 14.9. The molecule has 2 unspecified atom stereocenters. The first-order valence-corrected chi connectivity index (χ1v) is 6.13. The van der Waals surface area contributed by atoms with E-state index in [9.17, 15) is 0 Å². The van der Waals surface area contributed by atoms with Crippen molar-refractivity contribution < 1.29 is 0 Å². The van der Waals surface area contributed by atoms with Crippen LogP contribution in [0.2, 0.25) is 0 Å². The van der Waals surface area contributed by atoms with Crippen LogP contribution >= 0.6 is 0 Å². The Balaban J connectivity index is 1.82. The zero-order valence-corrected chi connectivity index (χ0v) is 8.89. The number of nitrogens with one attached hydrogen (secondary N) is 1. The summed E-state index contributed by atoms with van der Waals surface area (Å²) in [5.74, 6) is 2.20. The largest absolute Gasteiger partial charge is 0.314 e. The van der Waals surface area contributed by atoms with E-state index in [-0.39, 0.29) is 0 Å². The van der Waals surface area contributed by atoms with Crippen molar-refractivity contribution in [2.45, 2.75) is 57.9 Å². The maximum Gasteiger partial charge on any atom is 0.00696 e. The van der Waals surface area contributed by atoms with E-state index in [1.165, 1.54) is 44.9 Å². The van der Waals surface area contributed by atoms with E-state index in [0.29, 0.717) is 0 Å². The molecule has 0 saturated heterocycles. The third kappa shape index (κ3) is 2.70. The summed E-state index contributed by atoms with van der Waals surface area (Å²) in [6.07, 6.45) is 10.4. The van der Waals surface area contributed by atoms with Crippen molar-refractivity contribution in [2.24, 2.45) is 11.8 Å². The van der Waals surface area contributed by atoms with Crippen LogP contribution in [0, 0.1) is 11.8 Å². The zero-order valence-electron chi connectivity index (χ0n) is 8.89. The molecule has 2 atom stereocenters. The molecule has 0 radical (unpaired) electrons. The van der Waals surface area contributed by atoms with E-state index in [0.717, 1.165) is 24.4 Å². The fourth-order valence-corrected chi connectivity index (χ4v) is 2.87. The average molecular weight is 181 g/mol. The lowest BCUT2D eigenvalue weighted by Crippen LogP contribution is -2.30. The highest BCUT2D eigenvalue weighted by molar-refractivity contribution is 4.86. The summed E-state index contributed by atoms with van der Waals surface area (Å²) in [4.78, 5) is 0. The molecule has 1 nitrogen and oxygen atoms in total. The fraction of sp³-hybridized carbons (Fsp3) is 1.00. The van der Waals surface area contributed by atoms with Crippen molar-refractivity contribution >= 4 is 0 Å². The fourth-order valence-electron chi connectivity index (χ4n) is 2.87. The Morgan fingerprint density at radius 1 is 1.00 bits per heavy atom. The van der Waals surface area contributed by atoms with Gasteiger partial charge in [-0.3, -0.25) is 0 Å². The molecule has 0 aromatic heterocycles. The molecule has 0 amide bonds. The second kappa shape index (κ2) is 4.45. The molecule has 2 saturated carbocycles. The lowest BCUT2D eigenvalue weighted by Gasteiger charge is -2.20. The van der Waals surface area contributed by atoms with E-state index < -0.39 is 0 Å². The van der Waals surface area contributed by atoms with Gasteiger partial charge in [-0.1, -0.05) is 26.2 Å². The van der Waals surface area contributed by atoms with E-state index in [1.807, 2.05) is 0 Å². The van der Waals surface area contributed by atoms with Gasteiger partial charge in [0.05, 0.1) is 0 Å². The van der Waals surface area contributed by atoms with E-state index in [1.54, 1.807) is 0 Å². The van der Waals surface area contributed by atoms with Gasteiger partial charge >= 0.3 is 0 Å². The first-order chi connectivity index (χ1) is 6.40. The van der Waals surface area contributed by atoms with Gasteiger partial charge in [-0.05, 0) is 44.1 Å². The summed E-state index contributed by atoms with van der Waals surface area (Å²) < 4.78 is 0. The number of rotatable bonds is 3. The molecule has 0 aromatic carbocycles. The summed E-state index contributed by atoms with van der Waals surface area (Å²) >= 11 is 0. The molecule has 1 heteroatoms. The summed E-state index contributed by atoms with van der Waals surface area (Å²) in [6.45, 7) is 3.39. The van der Waals surface area contributed by atoms with Crippen LogP contribution in [0.25, 0.3) is 0 Å². The molecule has 2 aliphatic rings. The van der Waals surface area contributed by atoms with E-state index in [4.69, 9.17) is 0 Å². The number of hydrogen-bond acceptors (Lipinski definition) is 1. The second-order valence-electron chi connectivity index (χ2n) is 4.87. The Morgan fingerprint density at radius 3 is 2.46 bits per heavy atom. The van der Waals surface area contributed by atoms with Crippen LogP contribution in [0.15, 0.2) is 0 Å². The molecule has 0 bridgehead atoms. The number of hydrogen-bond donors (Lipinski definition) is 1. The first kappa shape index (κ1) is 9.51. The van der Waals surface area contributed by atoms with Gasteiger partial charge in [-0.15, -0.1) is 0 Å². The minimum Gasteiger partial charge on any atom is -0.314 e. The molecule has 2 rings (SSSR count). The normalized spacial score (nSPS) is 35.8. The monoisotopic (exact) mass is 181 g/mol. The van der Waals surface area contributed by atoms with Crippen LogP contribution in [0.4, 0.5) is 0 Å². The molecule has 1 N–H and O–H groups in total. The Bertz CT molecular complexity index is 151. The maximum atomic E-state index is 3.64. The summed E-state index contributed by atoms with van der Waals surface area (Å²) in [5, 5.41) is 3.64. The quantitative estimate of drug-likeness (QED) is 0.660. The first-order valence-electron chi connectivity index (χ1n) is 6.13. The van der Waals surface area contributed by atoms with Crippen molar-refractivity contribution in [3.8, 4) is 0 Å². The minimum atomic E-state index is 0.845. The van der Waals surface area contributed by atoms with Gasteiger partial charge in [-0.25, -0.2) is 0 Å². The Morgan fingerprint density at radius 2 is 1.77 bits per heavy atom. The van der Waals surface area contributed by atoms with Crippen LogP contribution in [0.5, 0.6) is 0 Å². The topological polar surface area (TPSA) is 12.0 Å². The zero-order chi connectivity index (χ0) is 9.10. The van der Waals surface area contributed by atoms with Crippen molar-refractivity contribution in [1.82, 2.24) is 5.32 Å². The predicted molar refractivity (Wildman–Crippen MR) is 56.8 cm³/mol. The minimum absolute atomic E-state index is 0.845. The average Bonchev–Trinajstić information content (AvgIpc) is 2.90. The summed E-state index contributed by atoms with van der Waals surface area (Å²) in [5.41, 5.74) is 0. The highest BCUT2D eigenvalue weighted by Crippen LogP contribution is 2.43. The lowest BCUT2D eigenvalue weighted by atomic mass is 9.93. The van der Waals surface area contributed by atoms with Crippen LogP contribution in [-0.2, 0) is 0 Å². The molecular formula is C12H23N. The lowest BCUT2D eigenvalue weighted by molar-refractivity contribution is 0.357. The smallest absolute Gasteiger partial charge is 0.00696 e. The van der Waals surface area contributed by atoms with Gasteiger partial charge in [0.1, 0.15) is 0 Å². The summed E-state index contributed by atoms with van der Waals surface area (Å²) in [6, 6.07) is 0.845. The molecule has 2 fully saturated rings. The van der Waals surface area contributed by atoms with Crippen molar-refractivity contribution in [2.75, 3.05) is 6.54 Å². The third-order valence-corrected chi connectivity index (χ3v) is 3.75. The Kier molecular flexibility index (Phi) is 3.26. The molecule has 0 heterocycles. The van der Waals surface area contributed by atoms with Gasteiger partial charge in [0.15, 0.2) is 0 Å². The van der Waals surface area contributed by atoms with Crippen molar-refractivity contribution in [1.29, 1.82) is 0 Å². The molecule has 0 aliphatic heterocycles. The van der Waals surface area contributed by atoms with Gasteiger partial charge < -0.3 is 5.32 Å². The highest BCUT2D eigenvalue weighted by Gasteiger charge is 2.33. The van der Waals surface area contributed by atoms with Crippen LogP contribution < -0.4 is 5.32 Å². The predicted octanol–water partition coefficient (Wildman–Crippen LogP) is 2.95. The molecule has 13 heavy (non-hydrogen) atoms. The Hall–Kier alpha value is -0.0400. The molecular weight excluding hydrogens is 158 g/mol. The third-order valence-electron chi connectivity index (χ3n) is 3.75. The van der Waals surface area contributed by atoms with Crippen molar-refractivity contribution in [3.63, 3.8) is 0 Å². The van der Waals surface area contributed by atoms with Crippen LogP contribution in [0.1, 0.15) is 51.9 Å². The van der Waals surface area contributed by atoms with E-state index >= 15 is 0 Å². The van der Waals surface area contributed by atoms with Crippen LogP contribution in [0.3, 0.4) is 0 Å². The molecule has 2 aliphatic carbocycles. The van der Waals surface area contributed by atoms with Gasteiger partial charge in [0.2, 0.25) is 0 Å². The van der Waals surface area contributed by atoms with Crippen LogP contribution in [-0.4, -0.2) is 12.6 Å². The van der Waals surface area contributed by atoms with Gasteiger partial charge in [-0.2, -0.15) is 0 Å². The van der Waals surface area contributed by atoms with Gasteiger partial charge in [0, 0.05) is 6.04 Å². The molecule has 0 aromatic rings. The van der Waals surface area contributed by atoms with Crippen molar-refractivity contribution in [3.05, 3.63) is 0 Å². The molecule has 0 spiro atoms. The standard InChI is InChI=1S/C12H23N/c1-2-13-12-6-4-3-5-11(9-12)10-7-8-10/h10-13H,2-9H2,1H3. The van der Waals surface area contributed by atoms with Gasteiger partial charge in [0.25, 0.3) is 0 Å². The van der Waals surface area contributed by atoms with E-state index in [2.05, 4.69) is 12.2 Å². The summed E-state index contributed by atoms with van der Waals surface area (Å²) in [7, 11) is 0. The maximum absolute atomic E-state index is 3.64. The SMILES string of the molecule is CCNC1CCCCC(C2CC2)C1. The second-order valence-corrected chi connectivity index (χ2v) is 4.87. The molecule has 76 valence electrons.